The second-order valence-corrected chi connectivity index (χ2v) is 6.82. The number of alkyl halides is 3. The summed E-state index contributed by atoms with van der Waals surface area (Å²) in [5.74, 6) is 0.221. The first-order chi connectivity index (χ1) is 12.5. The number of hydrogen-bond donors (Lipinski definition) is 1. The van der Waals surface area contributed by atoms with Gasteiger partial charge in [-0.15, -0.1) is 13.2 Å². The Balaban J connectivity index is 1.73. The van der Waals surface area contributed by atoms with Crippen LogP contribution in [0.25, 0.3) is 0 Å². The Bertz CT molecular complexity index is 843. The van der Waals surface area contributed by atoms with E-state index in [1.54, 1.807) is 6.07 Å². The van der Waals surface area contributed by atoms with E-state index in [1.807, 2.05) is 12.1 Å². The van der Waals surface area contributed by atoms with E-state index in [4.69, 9.17) is 0 Å². The lowest BCUT2D eigenvalue weighted by molar-refractivity contribution is -0.274. The number of allylic oxidation sites excluding steroid dienone is 2. The Labute approximate surface area is 150 Å². The quantitative estimate of drug-likeness (QED) is 0.681. The van der Waals surface area contributed by atoms with Gasteiger partial charge < -0.3 is 10.1 Å². The van der Waals surface area contributed by atoms with Crippen LogP contribution in [0.2, 0.25) is 0 Å². The van der Waals surface area contributed by atoms with Gasteiger partial charge in [-0.1, -0.05) is 43.3 Å². The van der Waals surface area contributed by atoms with Crippen LogP contribution in [-0.2, 0) is 6.42 Å². The number of aryl methyl sites for hydroxylation is 1. The Kier molecular flexibility index (Phi) is 4.17. The molecule has 0 amide bonds. The summed E-state index contributed by atoms with van der Waals surface area (Å²) in [5, 5.41) is 3.57. The average Bonchev–Trinajstić information content (AvgIpc) is 3.10. The van der Waals surface area contributed by atoms with Gasteiger partial charge in [-0.25, -0.2) is 0 Å². The van der Waals surface area contributed by atoms with Crippen LogP contribution in [0, 0.1) is 5.92 Å². The van der Waals surface area contributed by atoms with E-state index in [0.717, 1.165) is 24.1 Å². The zero-order valence-electron chi connectivity index (χ0n) is 14.4. The summed E-state index contributed by atoms with van der Waals surface area (Å²) in [4.78, 5) is 0. The summed E-state index contributed by atoms with van der Waals surface area (Å²) in [5.41, 5.74) is 4.32. The van der Waals surface area contributed by atoms with Crippen molar-refractivity contribution in [2.75, 3.05) is 5.32 Å². The van der Waals surface area contributed by atoms with E-state index >= 15 is 0 Å². The molecule has 136 valence electrons. The van der Waals surface area contributed by atoms with E-state index in [2.05, 4.69) is 41.3 Å². The van der Waals surface area contributed by atoms with Crippen LogP contribution in [0.3, 0.4) is 0 Å². The van der Waals surface area contributed by atoms with Crippen molar-refractivity contribution >= 4 is 5.69 Å². The molecular weight excluding hydrogens is 339 g/mol. The van der Waals surface area contributed by atoms with Gasteiger partial charge in [0.2, 0.25) is 0 Å². The molecule has 5 heteroatoms. The summed E-state index contributed by atoms with van der Waals surface area (Å²) in [7, 11) is 0. The minimum atomic E-state index is -4.68. The van der Waals surface area contributed by atoms with Gasteiger partial charge in [-0.05, 0) is 53.6 Å². The van der Waals surface area contributed by atoms with Crippen molar-refractivity contribution in [2.45, 2.75) is 38.1 Å². The van der Waals surface area contributed by atoms with Gasteiger partial charge in [0.05, 0.1) is 6.04 Å². The Morgan fingerprint density at radius 1 is 1.12 bits per heavy atom. The van der Waals surface area contributed by atoms with Crippen molar-refractivity contribution < 1.29 is 17.9 Å². The van der Waals surface area contributed by atoms with Gasteiger partial charge in [-0.3, -0.25) is 0 Å². The molecule has 3 unspecified atom stereocenters. The van der Waals surface area contributed by atoms with Crippen LogP contribution >= 0.6 is 0 Å². The van der Waals surface area contributed by atoms with E-state index in [0.29, 0.717) is 0 Å². The number of anilines is 1. The third-order valence-electron chi connectivity index (χ3n) is 5.34. The second-order valence-electron chi connectivity index (χ2n) is 6.82. The molecular formula is C21H20F3NO. The molecule has 0 aromatic heterocycles. The summed E-state index contributed by atoms with van der Waals surface area (Å²) in [6.45, 7) is 2.14. The largest absolute Gasteiger partial charge is 0.573 e. The first-order valence-electron chi connectivity index (χ1n) is 8.87. The summed E-state index contributed by atoms with van der Waals surface area (Å²) >= 11 is 0. The van der Waals surface area contributed by atoms with Crippen LogP contribution in [0.1, 0.15) is 42.0 Å². The van der Waals surface area contributed by atoms with Gasteiger partial charge in [-0.2, -0.15) is 0 Å². The predicted molar refractivity (Wildman–Crippen MR) is 95.3 cm³/mol. The van der Waals surface area contributed by atoms with Crippen LogP contribution < -0.4 is 10.1 Å². The maximum atomic E-state index is 12.6. The SMILES string of the molecule is CCc1ccccc1C1Nc2ccc(OC(F)(F)F)cc2C2C=CCC21. The highest BCUT2D eigenvalue weighted by atomic mass is 19.4. The fourth-order valence-electron chi connectivity index (χ4n) is 4.24. The highest BCUT2D eigenvalue weighted by Crippen LogP contribution is 2.51. The van der Waals surface area contributed by atoms with Crippen molar-refractivity contribution in [3.05, 3.63) is 71.3 Å². The zero-order chi connectivity index (χ0) is 18.3. The third kappa shape index (κ3) is 3.06. The lowest BCUT2D eigenvalue weighted by Gasteiger charge is -2.38. The minimum Gasteiger partial charge on any atom is -0.406 e. The fraction of sp³-hybridized carbons (Fsp3) is 0.333. The van der Waals surface area contributed by atoms with Crippen LogP contribution in [0.5, 0.6) is 5.75 Å². The normalized spacial score (nSPS) is 23.9. The van der Waals surface area contributed by atoms with Gasteiger partial charge in [0, 0.05) is 11.6 Å². The lowest BCUT2D eigenvalue weighted by Crippen LogP contribution is -2.30. The molecule has 2 nitrogen and oxygen atoms in total. The number of benzene rings is 2. The van der Waals surface area contributed by atoms with Crippen LogP contribution in [0.15, 0.2) is 54.6 Å². The van der Waals surface area contributed by atoms with Crippen molar-refractivity contribution in [3.8, 4) is 5.75 Å². The molecule has 2 aliphatic rings. The first kappa shape index (κ1) is 17.0. The van der Waals surface area contributed by atoms with Crippen molar-refractivity contribution in [2.24, 2.45) is 5.92 Å². The minimum absolute atomic E-state index is 0.0953. The molecule has 0 saturated heterocycles. The molecule has 1 aliphatic heterocycles. The summed E-state index contributed by atoms with van der Waals surface area (Å²) in [6, 6.07) is 13.1. The number of ether oxygens (including phenoxy) is 1. The number of nitrogens with one attached hydrogen (secondary N) is 1. The van der Waals surface area contributed by atoms with Gasteiger partial charge in [0.25, 0.3) is 0 Å². The van der Waals surface area contributed by atoms with E-state index in [1.165, 1.54) is 23.3 Å². The molecule has 0 saturated carbocycles. The molecule has 0 spiro atoms. The standard InChI is InChI=1S/C21H20F3NO/c1-2-13-6-3-4-7-15(13)20-17-9-5-8-16(17)18-12-14(26-21(22,23)24)10-11-19(18)25-20/h3-8,10-12,16-17,20,25H,2,9H2,1H3. The molecule has 4 rings (SSSR count). The zero-order valence-corrected chi connectivity index (χ0v) is 14.4. The Hall–Kier alpha value is -2.43. The number of halogens is 3. The van der Waals surface area contributed by atoms with Crippen LogP contribution in [-0.4, -0.2) is 6.36 Å². The molecule has 0 fully saturated rings. The summed E-state index contributed by atoms with van der Waals surface area (Å²) in [6.07, 6.45) is 1.42. The van der Waals surface area contributed by atoms with Gasteiger partial charge in [0.1, 0.15) is 5.75 Å². The first-order valence-corrected chi connectivity index (χ1v) is 8.87. The van der Waals surface area contributed by atoms with E-state index in [9.17, 15) is 13.2 Å². The Morgan fingerprint density at radius 2 is 1.92 bits per heavy atom. The predicted octanol–water partition coefficient (Wildman–Crippen LogP) is 5.97. The molecule has 0 radical (unpaired) electrons. The van der Waals surface area contributed by atoms with Crippen LogP contribution in [0.4, 0.5) is 18.9 Å². The average molecular weight is 359 g/mol. The second kappa shape index (κ2) is 6.38. The highest BCUT2D eigenvalue weighted by molar-refractivity contribution is 5.62. The smallest absolute Gasteiger partial charge is 0.406 e. The number of rotatable bonds is 3. The van der Waals surface area contributed by atoms with E-state index < -0.39 is 6.36 Å². The van der Waals surface area contributed by atoms with Crippen molar-refractivity contribution in [1.82, 2.24) is 0 Å². The maximum Gasteiger partial charge on any atom is 0.573 e. The number of hydrogen-bond acceptors (Lipinski definition) is 2. The Morgan fingerprint density at radius 3 is 2.69 bits per heavy atom. The van der Waals surface area contributed by atoms with Gasteiger partial charge in [0.15, 0.2) is 0 Å². The third-order valence-corrected chi connectivity index (χ3v) is 5.34. The van der Waals surface area contributed by atoms with Crippen molar-refractivity contribution in [3.63, 3.8) is 0 Å². The molecule has 1 N–H and O–H groups in total. The topological polar surface area (TPSA) is 21.3 Å². The lowest BCUT2D eigenvalue weighted by atomic mass is 9.76. The molecule has 2 aromatic carbocycles. The molecule has 1 aliphatic carbocycles. The van der Waals surface area contributed by atoms with Gasteiger partial charge >= 0.3 is 6.36 Å². The number of fused-ring (bicyclic) bond motifs is 3. The molecule has 0 bridgehead atoms. The highest BCUT2D eigenvalue weighted by Gasteiger charge is 2.39. The fourth-order valence-corrected chi connectivity index (χ4v) is 4.24. The van der Waals surface area contributed by atoms with E-state index in [-0.39, 0.29) is 23.6 Å². The molecule has 2 aromatic rings. The monoisotopic (exact) mass is 359 g/mol. The molecule has 1 heterocycles. The van der Waals surface area contributed by atoms with Crippen molar-refractivity contribution in [1.29, 1.82) is 0 Å². The maximum absolute atomic E-state index is 12.6. The molecule has 26 heavy (non-hydrogen) atoms. The molecule has 3 atom stereocenters. The summed E-state index contributed by atoms with van der Waals surface area (Å²) < 4.78 is 41.8.